The number of anilines is 1. The number of ether oxygens (including phenoxy) is 1. The Morgan fingerprint density at radius 3 is 2.67 bits per heavy atom. The van der Waals surface area contributed by atoms with Crippen molar-refractivity contribution in [1.29, 1.82) is 0 Å². The van der Waals surface area contributed by atoms with E-state index < -0.39 is 16.0 Å². The zero-order valence-corrected chi connectivity index (χ0v) is 12.3. The molecule has 0 aliphatic heterocycles. The van der Waals surface area contributed by atoms with E-state index in [1.54, 1.807) is 0 Å². The number of methoxy groups -OCH3 is 1. The summed E-state index contributed by atoms with van der Waals surface area (Å²) in [7, 11) is -2.50. The average Bonchev–Trinajstić information content (AvgIpc) is 2.91. The van der Waals surface area contributed by atoms with Crippen LogP contribution in [0.4, 0.5) is 5.69 Å². The number of benzene rings is 1. The van der Waals surface area contributed by atoms with Gasteiger partial charge >= 0.3 is 5.97 Å². The third kappa shape index (κ3) is 3.29. The van der Waals surface area contributed by atoms with Gasteiger partial charge in [0.1, 0.15) is 16.3 Å². The molecule has 0 radical (unpaired) electrons. The summed E-state index contributed by atoms with van der Waals surface area (Å²) in [6.07, 6.45) is 1.10. The van der Waals surface area contributed by atoms with Gasteiger partial charge in [-0.05, 0) is 18.2 Å². The first-order chi connectivity index (χ1) is 9.83. The number of carboxylic acids is 1. The molecule has 1 aromatic carbocycles. The van der Waals surface area contributed by atoms with Crippen LogP contribution in [-0.2, 0) is 10.0 Å². The minimum absolute atomic E-state index is 0.186. The molecule has 0 aliphatic rings. The van der Waals surface area contributed by atoms with Gasteiger partial charge in [0.15, 0.2) is 0 Å². The molecule has 0 amide bonds. The minimum Gasteiger partial charge on any atom is -0.495 e. The van der Waals surface area contributed by atoms with Crippen LogP contribution < -0.4 is 9.46 Å². The molecule has 1 heterocycles. The standard InChI is InChI=1S/C12H11ClN2O5S/c1-20-11-4-7(2-3-9(11)13)15-21(18,19)8-5-10(12(16)17)14-6-8/h2-6,14-15H,1H3,(H,16,17). The van der Waals surface area contributed by atoms with Crippen molar-refractivity contribution >= 4 is 33.3 Å². The Labute approximate surface area is 125 Å². The molecule has 1 aromatic heterocycles. The van der Waals surface area contributed by atoms with Crippen molar-refractivity contribution in [2.24, 2.45) is 0 Å². The molecule has 21 heavy (non-hydrogen) atoms. The van der Waals surface area contributed by atoms with Gasteiger partial charge in [0.2, 0.25) is 0 Å². The van der Waals surface area contributed by atoms with E-state index in [0.717, 1.165) is 12.3 Å². The number of hydrogen-bond acceptors (Lipinski definition) is 4. The van der Waals surface area contributed by atoms with E-state index in [1.165, 1.54) is 25.3 Å². The van der Waals surface area contributed by atoms with E-state index in [-0.39, 0.29) is 16.3 Å². The van der Waals surface area contributed by atoms with Gasteiger partial charge < -0.3 is 14.8 Å². The van der Waals surface area contributed by atoms with Crippen molar-refractivity contribution in [3.63, 3.8) is 0 Å². The Hall–Kier alpha value is -2.19. The Balaban J connectivity index is 2.30. The van der Waals surface area contributed by atoms with Crippen molar-refractivity contribution in [3.05, 3.63) is 41.2 Å². The topological polar surface area (TPSA) is 108 Å². The molecule has 0 fully saturated rings. The fourth-order valence-electron chi connectivity index (χ4n) is 1.59. The highest BCUT2D eigenvalue weighted by Crippen LogP contribution is 2.28. The predicted molar refractivity (Wildman–Crippen MR) is 76.6 cm³/mol. The van der Waals surface area contributed by atoms with Crippen LogP contribution in [0.25, 0.3) is 0 Å². The molecule has 0 atom stereocenters. The van der Waals surface area contributed by atoms with E-state index in [1.807, 2.05) is 0 Å². The molecule has 9 heteroatoms. The first kappa shape index (κ1) is 15.2. The second kappa shape index (κ2) is 5.66. The van der Waals surface area contributed by atoms with Crippen LogP contribution in [0.1, 0.15) is 10.5 Å². The fourth-order valence-corrected chi connectivity index (χ4v) is 2.83. The number of halogens is 1. The molecule has 0 unspecified atom stereocenters. The molecule has 2 aromatic rings. The van der Waals surface area contributed by atoms with Gasteiger partial charge in [-0.25, -0.2) is 13.2 Å². The van der Waals surface area contributed by atoms with Gasteiger partial charge in [-0.1, -0.05) is 11.6 Å². The van der Waals surface area contributed by atoms with Crippen molar-refractivity contribution < 1.29 is 23.1 Å². The minimum atomic E-state index is -3.91. The fraction of sp³-hybridized carbons (Fsp3) is 0.0833. The SMILES string of the molecule is COc1cc(NS(=O)(=O)c2c[nH]c(C(=O)O)c2)ccc1Cl. The Bertz CT molecular complexity index is 785. The van der Waals surface area contributed by atoms with Gasteiger partial charge in [-0.15, -0.1) is 0 Å². The molecule has 3 N–H and O–H groups in total. The van der Waals surface area contributed by atoms with Crippen molar-refractivity contribution in [2.45, 2.75) is 4.90 Å². The summed E-state index contributed by atoms with van der Waals surface area (Å²) in [5.74, 6) is -0.929. The number of aromatic carboxylic acids is 1. The van der Waals surface area contributed by atoms with Crippen LogP contribution in [0.15, 0.2) is 35.4 Å². The highest BCUT2D eigenvalue weighted by atomic mass is 35.5. The third-order valence-corrected chi connectivity index (χ3v) is 4.27. The monoisotopic (exact) mass is 330 g/mol. The van der Waals surface area contributed by atoms with Gasteiger partial charge in [-0.2, -0.15) is 0 Å². The molecule has 0 aliphatic carbocycles. The largest absolute Gasteiger partial charge is 0.495 e. The molecular weight excluding hydrogens is 320 g/mol. The lowest BCUT2D eigenvalue weighted by Gasteiger charge is -2.09. The van der Waals surface area contributed by atoms with E-state index in [9.17, 15) is 13.2 Å². The summed E-state index contributed by atoms with van der Waals surface area (Å²) >= 11 is 5.85. The first-order valence-electron chi connectivity index (χ1n) is 5.61. The normalized spacial score (nSPS) is 11.1. The number of hydrogen-bond donors (Lipinski definition) is 3. The van der Waals surface area contributed by atoms with Gasteiger partial charge in [0, 0.05) is 12.3 Å². The number of aromatic amines is 1. The zero-order chi connectivity index (χ0) is 15.6. The highest BCUT2D eigenvalue weighted by molar-refractivity contribution is 7.92. The summed E-state index contributed by atoms with van der Waals surface area (Å²) in [6, 6.07) is 5.40. The molecule has 0 spiro atoms. The Kier molecular flexibility index (Phi) is 4.10. The second-order valence-corrected chi connectivity index (χ2v) is 6.10. The van der Waals surface area contributed by atoms with E-state index in [4.69, 9.17) is 21.4 Å². The molecule has 0 bridgehead atoms. The highest BCUT2D eigenvalue weighted by Gasteiger charge is 2.18. The summed E-state index contributed by atoms with van der Waals surface area (Å²) in [5.41, 5.74) is 0.0263. The summed E-state index contributed by atoms with van der Waals surface area (Å²) in [5, 5.41) is 9.12. The number of nitrogens with one attached hydrogen (secondary N) is 2. The van der Waals surface area contributed by atoms with Crippen LogP contribution in [0, 0.1) is 0 Å². The second-order valence-electron chi connectivity index (χ2n) is 4.01. The van der Waals surface area contributed by atoms with Crippen LogP contribution in [0.2, 0.25) is 5.02 Å². The maximum atomic E-state index is 12.1. The van der Waals surface area contributed by atoms with Crippen LogP contribution in [0.3, 0.4) is 0 Å². The lowest BCUT2D eigenvalue weighted by molar-refractivity contribution is 0.0691. The van der Waals surface area contributed by atoms with Gasteiger partial charge in [-0.3, -0.25) is 4.72 Å². The van der Waals surface area contributed by atoms with Crippen molar-refractivity contribution in [1.82, 2.24) is 4.98 Å². The van der Waals surface area contributed by atoms with Gasteiger partial charge in [0.25, 0.3) is 10.0 Å². The maximum Gasteiger partial charge on any atom is 0.352 e. The summed E-state index contributed by atoms with van der Waals surface area (Å²) < 4.78 is 31.5. The lowest BCUT2D eigenvalue weighted by Crippen LogP contribution is -2.12. The molecule has 2 rings (SSSR count). The average molecular weight is 331 g/mol. The summed E-state index contributed by atoms with van der Waals surface area (Å²) in [4.78, 5) is 12.9. The summed E-state index contributed by atoms with van der Waals surface area (Å²) in [6.45, 7) is 0. The van der Waals surface area contributed by atoms with Gasteiger partial charge in [0.05, 0.1) is 17.8 Å². The lowest BCUT2D eigenvalue weighted by atomic mass is 10.3. The van der Waals surface area contributed by atoms with Crippen molar-refractivity contribution in [2.75, 3.05) is 11.8 Å². The number of carbonyl (C=O) groups is 1. The van der Waals surface area contributed by atoms with E-state index >= 15 is 0 Å². The van der Waals surface area contributed by atoms with Crippen LogP contribution >= 0.6 is 11.6 Å². The quantitative estimate of drug-likeness (QED) is 0.778. The number of carboxylic acid groups (broad SMARTS) is 1. The smallest absolute Gasteiger partial charge is 0.352 e. The Morgan fingerprint density at radius 2 is 2.10 bits per heavy atom. The van der Waals surface area contributed by atoms with Crippen LogP contribution in [-0.4, -0.2) is 31.6 Å². The number of aromatic nitrogens is 1. The molecule has 7 nitrogen and oxygen atoms in total. The Morgan fingerprint density at radius 1 is 1.38 bits per heavy atom. The van der Waals surface area contributed by atoms with E-state index in [2.05, 4.69) is 9.71 Å². The molecule has 0 saturated heterocycles. The van der Waals surface area contributed by atoms with Crippen LogP contribution in [0.5, 0.6) is 5.75 Å². The molecule has 112 valence electrons. The van der Waals surface area contributed by atoms with Crippen molar-refractivity contribution in [3.8, 4) is 5.75 Å². The number of sulfonamides is 1. The number of rotatable bonds is 5. The maximum absolute atomic E-state index is 12.1. The molecule has 0 saturated carbocycles. The molecular formula is C12H11ClN2O5S. The van der Waals surface area contributed by atoms with E-state index in [0.29, 0.717) is 10.8 Å². The third-order valence-electron chi connectivity index (χ3n) is 2.60. The first-order valence-corrected chi connectivity index (χ1v) is 7.47. The predicted octanol–water partition coefficient (Wildman–Crippen LogP) is 2.18. The number of H-pyrrole nitrogens is 1. The zero-order valence-electron chi connectivity index (χ0n) is 10.8.